The summed E-state index contributed by atoms with van der Waals surface area (Å²) in [7, 11) is -1.20. The topological polar surface area (TPSA) is 105 Å². The minimum Gasteiger partial charge on any atom is -0.496 e. The Morgan fingerprint density at radius 3 is 2.39 bits per heavy atom. The van der Waals surface area contributed by atoms with Crippen LogP contribution < -0.4 is 15.6 Å². The summed E-state index contributed by atoms with van der Waals surface area (Å²) in [6, 6.07) is 10.4. The van der Waals surface area contributed by atoms with Gasteiger partial charge in [0.1, 0.15) is 5.75 Å². The van der Waals surface area contributed by atoms with Gasteiger partial charge in [-0.05, 0) is 42.5 Å². The summed E-state index contributed by atoms with van der Waals surface area (Å²) in [6.07, 6.45) is 0. The first kappa shape index (κ1) is 22.2. The number of carbonyl (C=O) groups is 2. The fourth-order valence-electron chi connectivity index (χ4n) is 2.16. The van der Waals surface area contributed by atoms with E-state index in [0.717, 1.165) is 8.78 Å². The molecule has 2 rings (SSSR count). The van der Waals surface area contributed by atoms with E-state index in [1.54, 1.807) is 18.2 Å². The highest BCUT2D eigenvalue weighted by molar-refractivity contribution is 9.10. The average molecular weight is 491 g/mol. The molecule has 0 spiro atoms. The van der Waals surface area contributed by atoms with Gasteiger partial charge in [-0.2, -0.15) is 4.31 Å². The second-order valence-electron chi connectivity index (χ2n) is 5.56. The number of carbonyl (C=O) groups excluding carboxylic acids is 2. The lowest BCUT2D eigenvalue weighted by Crippen LogP contribution is -2.46. The Kier molecular flexibility index (Phi) is 7.41. The third-order valence-electron chi connectivity index (χ3n) is 3.61. The summed E-state index contributed by atoms with van der Waals surface area (Å²) < 4.78 is 31.6. The number of ether oxygens (including phenoxy) is 1. The lowest BCUT2D eigenvalue weighted by atomic mass is 10.2. The Morgan fingerprint density at radius 2 is 1.79 bits per heavy atom. The zero-order valence-corrected chi connectivity index (χ0v) is 18.1. The van der Waals surface area contributed by atoms with E-state index in [4.69, 9.17) is 16.3 Å². The number of hydrogen-bond acceptors (Lipinski definition) is 5. The minimum atomic E-state index is -3.86. The SMILES string of the molecule is COc1ccc(Cl)cc1C(=O)NNC(=O)CN(C)S(=O)(=O)c1ccc(Br)cc1. The monoisotopic (exact) mass is 489 g/mol. The van der Waals surface area contributed by atoms with Gasteiger partial charge in [0.05, 0.1) is 24.1 Å². The predicted octanol–water partition coefficient (Wildman–Crippen LogP) is 2.19. The molecule has 150 valence electrons. The van der Waals surface area contributed by atoms with Gasteiger partial charge in [-0.3, -0.25) is 20.4 Å². The molecule has 0 aromatic heterocycles. The van der Waals surface area contributed by atoms with Gasteiger partial charge in [-0.15, -0.1) is 0 Å². The Labute approximate surface area is 176 Å². The molecule has 0 aliphatic heterocycles. The number of hydrogen-bond donors (Lipinski definition) is 2. The number of rotatable bonds is 6. The summed E-state index contributed by atoms with van der Waals surface area (Å²) in [5.74, 6) is -1.12. The lowest BCUT2D eigenvalue weighted by molar-refractivity contribution is -0.121. The third kappa shape index (κ3) is 5.44. The van der Waals surface area contributed by atoms with Gasteiger partial charge >= 0.3 is 0 Å². The molecule has 2 amide bonds. The van der Waals surface area contributed by atoms with Gasteiger partial charge in [-0.1, -0.05) is 27.5 Å². The van der Waals surface area contributed by atoms with E-state index in [-0.39, 0.29) is 16.2 Å². The zero-order valence-electron chi connectivity index (χ0n) is 14.9. The number of likely N-dealkylation sites (N-methyl/N-ethyl adjacent to an activating group) is 1. The maximum atomic E-state index is 12.5. The molecule has 0 saturated heterocycles. The van der Waals surface area contributed by atoms with E-state index in [2.05, 4.69) is 26.8 Å². The molecule has 0 aliphatic carbocycles. The summed E-state index contributed by atoms with van der Waals surface area (Å²) >= 11 is 9.10. The van der Waals surface area contributed by atoms with E-state index in [9.17, 15) is 18.0 Å². The smallest absolute Gasteiger partial charge is 0.273 e. The molecule has 0 atom stereocenters. The number of halogens is 2. The van der Waals surface area contributed by atoms with Crippen LogP contribution in [0.2, 0.25) is 5.02 Å². The van der Waals surface area contributed by atoms with Crippen LogP contribution in [0.1, 0.15) is 10.4 Å². The maximum Gasteiger partial charge on any atom is 0.273 e. The third-order valence-corrected chi connectivity index (χ3v) is 6.19. The Hall–Kier alpha value is -2.14. The molecule has 8 nitrogen and oxygen atoms in total. The number of nitrogens with one attached hydrogen (secondary N) is 2. The zero-order chi connectivity index (χ0) is 20.9. The van der Waals surface area contributed by atoms with Gasteiger partial charge < -0.3 is 4.74 Å². The van der Waals surface area contributed by atoms with Crippen molar-refractivity contribution >= 4 is 49.4 Å². The first-order valence-electron chi connectivity index (χ1n) is 7.80. The standard InChI is InChI=1S/C17H17BrClN3O5S/c1-22(28(25,26)13-6-3-11(18)4-7-13)10-16(23)20-21-17(24)14-9-12(19)5-8-15(14)27-2/h3-9H,10H2,1-2H3,(H,20,23)(H,21,24). The van der Waals surface area contributed by atoms with Crippen LogP contribution in [-0.2, 0) is 14.8 Å². The van der Waals surface area contributed by atoms with Crippen molar-refractivity contribution in [1.82, 2.24) is 15.2 Å². The summed E-state index contributed by atoms with van der Waals surface area (Å²) in [6.45, 7) is -0.495. The van der Waals surface area contributed by atoms with Gasteiger partial charge in [0, 0.05) is 16.5 Å². The van der Waals surface area contributed by atoms with E-state index in [1.807, 2.05) is 0 Å². The van der Waals surface area contributed by atoms with Gasteiger partial charge in [-0.25, -0.2) is 8.42 Å². The number of hydrazine groups is 1. The van der Waals surface area contributed by atoms with Crippen molar-refractivity contribution in [2.75, 3.05) is 20.7 Å². The van der Waals surface area contributed by atoms with Crippen LogP contribution in [0.25, 0.3) is 0 Å². The molecule has 0 saturated carbocycles. The second-order valence-corrected chi connectivity index (χ2v) is 8.96. The van der Waals surface area contributed by atoms with E-state index in [1.165, 1.54) is 38.4 Å². The number of nitrogens with zero attached hydrogens (tertiary/aromatic N) is 1. The van der Waals surface area contributed by atoms with Crippen molar-refractivity contribution in [2.24, 2.45) is 0 Å². The molecule has 0 fully saturated rings. The fourth-order valence-corrected chi connectivity index (χ4v) is 3.73. The first-order chi connectivity index (χ1) is 13.1. The first-order valence-corrected chi connectivity index (χ1v) is 10.4. The van der Waals surface area contributed by atoms with Crippen LogP contribution >= 0.6 is 27.5 Å². The number of amides is 2. The van der Waals surface area contributed by atoms with Crippen LogP contribution in [0, 0.1) is 0 Å². The van der Waals surface area contributed by atoms with Gasteiger partial charge in [0.15, 0.2) is 0 Å². The normalized spacial score (nSPS) is 11.2. The largest absolute Gasteiger partial charge is 0.496 e. The molecule has 28 heavy (non-hydrogen) atoms. The second kappa shape index (κ2) is 9.37. The van der Waals surface area contributed by atoms with Crippen LogP contribution in [-0.4, -0.2) is 45.2 Å². The highest BCUT2D eigenvalue weighted by Gasteiger charge is 2.23. The molecular formula is C17H17BrClN3O5S. The van der Waals surface area contributed by atoms with Crippen molar-refractivity contribution in [2.45, 2.75) is 4.90 Å². The van der Waals surface area contributed by atoms with Crippen LogP contribution in [0.3, 0.4) is 0 Å². The van der Waals surface area contributed by atoms with Crippen molar-refractivity contribution in [3.05, 3.63) is 57.5 Å². The lowest BCUT2D eigenvalue weighted by Gasteiger charge is -2.17. The summed E-state index contributed by atoms with van der Waals surface area (Å²) in [5.41, 5.74) is 4.48. The highest BCUT2D eigenvalue weighted by Crippen LogP contribution is 2.22. The van der Waals surface area contributed by atoms with Crippen LogP contribution in [0.4, 0.5) is 0 Å². The molecular weight excluding hydrogens is 474 g/mol. The molecule has 0 aliphatic rings. The van der Waals surface area contributed by atoms with Crippen molar-refractivity contribution < 1.29 is 22.7 Å². The maximum absolute atomic E-state index is 12.5. The van der Waals surface area contributed by atoms with Crippen LogP contribution in [0.15, 0.2) is 51.8 Å². The number of methoxy groups -OCH3 is 1. The van der Waals surface area contributed by atoms with E-state index < -0.39 is 28.4 Å². The molecule has 2 N–H and O–H groups in total. The Morgan fingerprint density at radius 1 is 1.14 bits per heavy atom. The van der Waals surface area contributed by atoms with E-state index in [0.29, 0.717) is 5.02 Å². The van der Waals surface area contributed by atoms with Gasteiger partial charge in [0.2, 0.25) is 10.0 Å². The predicted molar refractivity (Wildman–Crippen MR) is 108 cm³/mol. The van der Waals surface area contributed by atoms with Gasteiger partial charge in [0.25, 0.3) is 11.8 Å². The van der Waals surface area contributed by atoms with E-state index >= 15 is 0 Å². The van der Waals surface area contributed by atoms with Crippen molar-refractivity contribution in [3.8, 4) is 5.75 Å². The molecule has 0 heterocycles. The minimum absolute atomic E-state index is 0.0405. The molecule has 0 radical (unpaired) electrons. The fraction of sp³-hybridized carbons (Fsp3) is 0.176. The number of sulfonamides is 1. The quantitative estimate of drug-likeness (QED) is 0.604. The Bertz CT molecular complexity index is 983. The molecule has 2 aromatic rings. The van der Waals surface area contributed by atoms with Crippen LogP contribution in [0.5, 0.6) is 5.75 Å². The van der Waals surface area contributed by atoms with Crippen molar-refractivity contribution in [1.29, 1.82) is 0 Å². The molecule has 0 bridgehead atoms. The Balaban J connectivity index is 1.99. The molecule has 11 heteroatoms. The highest BCUT2D eigenvalue weighted by atomic mass is 79.9. The molecule has 0 unspecified atom stereocenters. The summed E-state index contributed by atoms with van der Waals surface area (Å²) in [5, 5.41) is 0.317. The molecule has 2 aromatic carbocycles. The number of benzene rings is 2. The average Bonchev–Trinajstić information content (AvgIpc) is 2.66. The summed E-state index contributed by atoms with van der Waals surface area (Å²) in [4.78, 5) is 24.3. The van der Waals surface area contributed by atoms with Crippen molar-refractivity contribution in [3.63, 3.8) is 0 Å².